The first-order chi connectivity index (χ1) is 6.08. The van der Waals surface area contributed by atoms with Gasteiger partial charge >= 0.3 is 0 Å². The van der Waals surface area contributed by atoms with Gasteiger partial charge in [-0.3, -0.25) is 4.79 Å². The molecule has 13 heavy (non-hydrogen) atoms. The molecule has 5 heteroatoms. The second kappa shape index (κ2) is 3.84. The van der Waals surface area contributed by atoms with Gasteiger partial charge in [0.05, 0.1) is 6.54 Å². The number of rotatable bonds is 3. The van der Waals surface area contributed by atoms with Crippen molar-refractivity contribution in [1.29, 1.82) is 0 Å². The second-order valence-electron chi connectivity index (χ2n) is 2.48. The first kappa shape index (κ1) is 9.44. The van der Waals surface area contributed by atoms with E-state index in [2.05, 4.69) is 5.32 Å². The molecule has 0 bridgehead atoms. The fraction of sp³-hybridized carbons (Fsp3) is 0.125. The summed E-state index contributed by atoms with van der Waals surface area (Å²) in [4.78, 5) is 10.3. The molecule has 70 valence electrons. The number of amides is 1. The number of nitrogens with one attached hydrogen (secondary N) is 1. The van der Waals surface area contributed by atoms with E-state index in [1.807, 2.05) is 0 Å². The van der Waals surface area contributed by atoms with Crippen molar-refractivity contribution in [2.75, 3.05) is 11.9 Å². The van der Waals surface area contributed by atoms with Crippen LogP contribution in [-0.2, 0) is 4.79 Å². The highest BCUT2D eigenvalue weighted by atomic mass is 19.1. The van der Waals surface area contributed by atoms with Gasteiger partial charge in [0.1, 0.15) is 11.6 Å². The zero-order valence-corrected chi connectivity index (χ0v) is 6.68. The zero-order valence-electron chi connectivity index (χ0n) is 6.68. The van der Waals surface area contributed by atoms with Gasteiger partial charge in [-0.2, -0.15) is 0 Å². The predicted molar refractivity (Wildman–Crippen MR) is 44.0 cm³/mol. The van der Waals surface area contributed by atoms with Gasteiger partial charge in [0.25, 0.3) is 0 Å². The number of nitrogens with two attached hydrogens (primary N) is 1. The zero-order chi connectivity index (χ0) is 9.84. The largest absolute Gasteiger partial charge is 0.376 e. The number of anilines is 1. The van der Waals surface area contributed by atoms with Crippen LogP contribution in [0.15, 0.2) is 18.2 Å². The number of carbonyl (C=O) groups excluding carboxylic acids is 1. The van der Waals surface area contributed by atoms with Crippen molar-refractivity contribution in [3.63, 3.8) is 0 Å². The summed E-state index contributed by atoms with van der Waals surface area (Å²) >= 11 is 0. The Bertz CT molecular complexity index is 308. The van der Waals surface area contributed by atoms with Crippen LogP contribution in [0.2, 0.25) is 0 Å². The minimum Gasteiger partial charge on any atom is -0.376 e. The number of hydrogen-bond donors (Lipinski definition) is 2. The van der Waals surface area contributed by atoms with E-state index in [4.69, 9.17) is 5.73 Å². The normalized spacial score (nSPS) is 9.69. The summed E-state index contributed by atoms with van der Waals surface area (Å²) in [5, 5.41) is 2.47. The third-order valence-electron chi connectivity index (χ3n) is 1.33. The lowest BCUT2D eigenvalue weighted by Crippen LogP contribution is -2.21. The number of benzene rings is 1. The molecule has 0 spiro atoms. The third kappa shape index (κ3) is 3.06. The van der Waals surface area contributed by atoms with E-state index >= 15 is 0 Å². The van der Waals surface area contributed by atoms with Gasteiger partial charge in [0.15, 0.2) is 0 Å². The number of hydrogen-bond acceptors (Lipinski definition) is 2. The van der Waals surface area contributed by atoms with Gasteiger partial charge in [-0.25, -0.2) is 8.78 Å². The maximum atomic E-state index is 12.6. The Kier molecular flexibility index (Phi) is 2.79. The van der Waals surface area contributed by atoms with E-state index in [0.29, 0.717) is 0 Å². The molecule has 1 aromatic rings. The fourth-order valence-electron chi connectivity index (χ4n) is 0.845. The van der Waals surface area contributed by atoms with Crippen LogP contribution in [-0.4, -0.2) is 12.5 Å². The minimum absolute atomic E-state index is 0.150. The summed E-state index contributed by atoms with van der Waals surface area (Å²) in [5.74, 6) is -2.00. The van der Waals surface area contributed by atoms with Crippen molar-refractivity contribution < 1.29 is 13.6 Å². The highest BCUT2D eigenvalue weighted by molar-refractivity contribution is 5.78. The molecule has 0 unspecified atom stereocenters. The summed E-state index contributed by atoms with van der Waals surface area (Å²) < 4.78 is 25.1. The van der Waals surface area contributed by atoms with Crippen molar-refractivity contribution in [3.05, 3.63) is 29.8 Å². The molecular formula is C8H8F2N2O. The van der Waals surface area contributed by atoms with Gasteiger partial charge in [-0.1, -0.05) is 0 Å². The van der Waals surface area contributed by atoms with Gasteiger partial charge in [-0.15, -0.1) is 0 Å². The summed E-state index contributed by atoms with van der Waals surface area (Å²) in [6, 6.07) is 2.90. The van der Waals surface area contributed by atoms with Gasteiger partial charge in [-0.05, 0) is 12.1 Å². The van der Waals surface area contributed by atoms with Crippen LogP contribution >= 0.6 is 0 Å². The van der Waals surface area contributed by atoms with Gasteiger partial charge < -0.3 is 11.1 Å². The molecule has 0 fully saturated rings. The molecule has 3 nitrogen and oxygen atoms in total. The highest BCUT2D eigenvalue weighted by Crippen LogP contribution is 2.11. The van der Waals surface area contributed by atoms with Gasteiger partial charge in [0.2, 0.25) is 5.91 Å². The van der Waals surface area contributed by atoms with Crippen LogP contribution in [0.3, 0.4) is 0 Å². The summed E-state index contributed by atoms with van der Waals surface area (Å²) in [6.07, 6.45) is 0. The number of carbonyl (C=O) groups is 1. The predicted octanol–water partition coefficient (Wildman–Crippen LogP) is 0.862. The first-order valence-electron chi connectivity index (χ1n) is 3.56. The SMILES string of the molecule is NC(=O)CNc1cc(F)cc(F)c1. The lowest BCUT2D eigenvalue weighted by Gasteiger charge is -2.03. The highest BCUT2D eigenvalue weighted by Gasteiger charge is 2.00. The molecule has 3 N–H and O–H groups in total. The van der Waals surface area contributed by atoms with Crippen molar-refractivity contribution in [1.82, 2.24) is 0 Å². The van der Waals surface area contributed by atoms with Crippen LogP contribution in [0.5, 0.6) is 0 Å². The standard InChI is InChI=1S/C8H8F2N2O/c9-5-1-6(10)3-7(2-5)12-4-8(11)13/h1-3,12H,4H2,(H2,11,13). The second-order valence-corrected chi connectivity index (χ2v) is 2.48. The maximum absolute atomic E-state index is 12.6. The molecule has 0 atom stereocenters. The number of halogens is 2. The molecule has 0 heterocycles. The molecule has 0 aliphatic rings. The monoisotopic (exact) mass is 186 g/mol. The molecule has 0 aliphatic heterocycles. The Hall–Kier alpha value is -1.65. The summed E-state index contributed by atoms with van der Waals surface area (Å²) in [5.41, 5.74) is 5.02. The average molecular weight is 186 g/mol. The lowest BCUT2D eigenvalue weighted by molar-refractivity contribution is -0.116. The van der Waals surface area contributed by atoms with E-state index < -0.39 is 17.5 Å². The van der Waals surface area contributed by atoms with Crippen molar-refractivity contribution in [2.24, 2.45) is 5.73 Å². The average Bonchev–Trinajstić information content (AvgIpc) is 1.99. The van der Waals surface area contributed by atoms with E-state index in [1.54, 1.807) is 0 Å². The summed E-state index contributed by atoms with van der Waals surface area (Å²) in [7, 11) is 0. The molecule has 0 saturated carbocycles. The smallest absolute Gasteiger partial charge is 0.236 e. The van der Waals surface area contributed by atoms with Crippen molar-refractivity contribution in [3.8, 4) is 0 Å². The molecule has 0 aliphatic carbocycles. The summed E-state index contributed by atoms with van der Waals surface area (Å²) in [6.45, 7) is -0.150. The van der Waals surface area contributed by atoms with Crippen LogP contribution in [0.1, 0.15) is 0 Å². The molecule has 0 aromatic heterocycles. The van der Waals surface area contributed by atoms with E-state index in [9.17, 15) is 13.6 Å². The van der Waals surface area contributed by atoms with Crippen LogP contribution in [0.4, 0.5) is 14.5 Å². The van der Waals surface area contributed by atoms with Crippen LogP contribution < -0.4 is 11.1 Å². The Morgan fingerprint density at radius 3 is 2.31 bits per heavy atom. The van der Waals surface area contributed by atoms with Crippen molar-refractivity contribution in [2.45, 2.75) is 0 Å². The molecule has 1 rings (SSSR count). The Labute approximate surface area is 73.5 Å². The maximum Gasteiger partial charge on any atom is 0.236 e. The Balaban J connectivity index is 2.71. The minimum atomic E-state index is -0.702. The third-order valence-corrected chi connectivity index (χ3v) is 1.33. The first-order valence-corrected chi connectivity index (χ1v) is 3.56. The topological polar surface area (TPSA) is 55.1 Å². The fourth-order valence-corrected chi connectivity index (χ4v) is 0.845. The van der Waals surface area contributed by atoms with Crippen LogP contribution in [0, 0.1) is 11.6 Å². The van der Waals surface area contributed by atoms with E-state index in [1.165, 1.54) is 0 Å². The van der Waals surface area contributed by atoms with Crippen molar-refractivity contribution >= 4 is 11.6 Å². The quantitative estimate of drug-likeness (QED) is 0.735. The molecular weight excluding hydrogens is 178 g/mol. The molecule has 0 saturated heterocycles. The molecule has 1 amide bonds. The number of primary amides is 1. The molecule has 1 aromatic carbocycles. The van der Waals surface area contributed by atoms with E-state index in [-0.39, 0.29) is 12.2 Å². The van der Waals surface area contributed by atoms with E-state index in [0.717, 1.165) is 18.2 Å². The Morgan fingerprint density at radius 1 is 1.31 bits per heavy atom. The lowest BCUT2D eigenvalue weighted by atomic mass is 10.3. The molecule has 0 radical (unpaired) electrons. The Morgan fingerprint density at radius 2 is 1.85 bits per heavy atom. The van der Waals surface area contributed by atoms with Gasteiger partial charge in [0, 0.05) is 11.8 Å². The van der Waals surface area contributed by atoms with Crippen LogP contribution in [0.25, 0.3) is 0 Å².